The fraction of sp³-hybridized carbons (Fsp3) is 0.833. The number of amides is 2. The monoisotopic (exact) mass is 226 g/mol. The summed E-state index contributed by atoms with van der Waals surface area (Å²) in [5, 5.41) is 0. The lowest BCUT2D eigenvalue weighted by atomic mass is 9.84. The molecule has 16 heavy (non-hydrogen) atoms. The molecule has 4 heteroatoms. The number of nitrogens with zero attached hydrogens (tertiary/aromatic N) is 1. The van der Waals surface area contributed by atoms with Crippen LogP contribution in [0.15, 0.2) is 0 Å². The molecule has 1 saturated carbocycles. The van der Waals surface area contributed by atoms with Crippen LogP contribution in [0.4, 0.5) is 0 Å². The SMILES string of the molecule is CCCCN(CCC(N)=O)C(=O)C1CCC1. The maximum atomic E-state index is 12.0. The van der Waals surface area contributed by atoms with Crippen molar-refractivity contribution in [2.24, 2.45) is 11.7 Å². The van der Waals surface area contributed by atoms with E-state index in [2.05, 4.69) is 6.92 Å². The number of primary amides is 1. The van der Waals surface area contributed by atoms with E-state index in [1.165, 1.54) is 0 Å². The van der Waals surface area contributed by atoms with Gasteiger partial charge in [0.1, 0.15) is 0 Å². The van der Waals surface area contributed by atoms with Gasteiger partial charge in [0.05, 0.1) is 0 Å². The van der Waals surface area contributed by atoms with E-state index < -0.39 is 0 Å². The highest BCUT2D eigenvalue weighted by molar-refractivity contribution is 5.80. The summed E-state index contributed by atoms with van der Waals surface area (Å²) >= 11 is 0. The van der Waals surface area contributed by atoms with E-state index in [-0.39, 0.29) is 24.2 Å². The molecule has 4 nitrogen and oxygen atoms in total. The van der Waals surface area contributed by atoms with Crippen LogP contribution in [0, 0.1) is 5.92 Å². The minimum absolute atomic E-state index is 0.213. The van der Waals surface area contributed by atoms with Gasteiger partial charge in [0.25, 0.3) is 0 Å². The van der Waals surface area contributed by atoms with Crippen LogP contribution in [0.2, 0.25) is 0 Å². The molecule has 0 aromatic carbocycles. The molecular formula is C12H22N2O2. The van der Waals surface area contributed by atoms with Gasteiger partial charge in [0.15, 0.2) is 0 Å². The Kier molecular flexibility index (Phi) is 5.29. The zero-order valence-electron chi connectivity index (χ0n) is 10.1. The summed E-state index contributed by atoms with van der Waals surface area (Å²) in [6.45, 7) is 3.35. The van der Waals surface area contributed by atoms with E-state index in [0.29, 0.717) is 6.54 Å². The molecule has 2 N–H and O–H groups in total. The standard InChI is InChI=1S/C12H22N2O2/c1-2-3-8-14(9-7-11(13)15)12(16)10-5-4-6-10/h10H,2-9H2,1H3,(H2,13,15). The Morgan fingerprint density at radius 3 is 2.44 bits per heavy atom. The zero-order chi connectivity index (χ0) is 12.0. The third-order valence-corrected chi connectivity index (χ3v) is 3.18. The van der Waals surface area contributed by atoms with Crippen LogP contribution in [0.25, 0.3) is 0 Å². The van der Waals surface area contributed by atoms with Crippen LogP contribution in [0.3, 0.4) is 0 Å². The Balaban J connectivity index is 2.40. The fourth-order valence-electron chi connectivity index (χ4n) is 1.84. The summed E-state index contributed by atoms with van der Waals surface area (Å²) < 4.78 is 0. The van der Waals surface area contributed by atoms with Gasteiger partial charge in [0.2, 0.25) is 11.8 Å². The molecular weight excluding hydrogens is 204 g/mol. The van der Waals surface area contributed by atoms with Crippen LogP contribution in [0.1, 0.15) is 45.4 Å². The number of hydrogen-bond donors (Lipinski definition) is 1. The van der Waals surface area contributed by atoms with Gasteiger partial charge < -0.3 is 10.6 Å². The Bertz CT molecular complexity index is 249. The molecule has 1 aliphatic carbocycles. The quantitative estimate of drug-likeness (QED) is 0.711. The average Bonchev–Trinajstić information content (AvgIpc) is 2.14. The highest BCUT2D eigenvalue weighted by Gasteiger charge is 2.29. The van der Waals surface area contributed by atoms with Crippen LogP contribution >= 0.6 is 0 Å². The van der Waals surface area contributed by atoms with Gasteiger partial charge in [-0.05, 0) is 19.3 Å². The highest BCUT2D eigenvalue weighted by Crippen LogP contribution is 2.28. The number of unbranched alkanes of at least 4 members (excludes halogenated alkanes) is 1. The molecule has 1 fully saturated rings. The van der Waals surface area contributed by atoms with Crippen molar-refractivity contribution in [3.8, 4) is 0 Å². The number of nitrogens with two attached hydrogens (primary N) is 1. The van der Waals surface area contributed by atoms with Crippen molar-refractivity contribution in [3.05, 3.63) is 0 Å². The maximum Gasteiger partial charge on any atom is 0.225 e. The third kappa shape index (κ3) is 3.83. The van der Waals surface area contributed by atoms with Crippen molar-refractivity contribution >= 4 is 11.8 Å². The number of rotatable bonds is 7. The van der Waals surface area contributed by atoms with Gasteiger partial charge in [-0.3, -0.25) is 9.59 Å². The lowest BCUT2D eigenvalue weighted by Gasteiger charge is -2.31. The normalized spacial score (nSPS) is 15.6. The first kappa shape index (κ1) is 13.0. The number of carbonyl (C=O) groups is 2. The first-order chi connectivity index (χ1) is 7.65. The van der Waals surface area contributed by atoms with Crippen LogP contribution in [-0.4, -0.2) is 29.8 Å². The third-order valence-electron chi connectivity index (χ3n) is 3.18. The van der Waals surface area contributed by atoms with Gasteiger partial charge in [-0.15, -0.1) is 0 Å². The molecule has 2 amide bonds. The molecule has 0 saturated heterocycles. The largest absolute Gasteiger partial charge is 0.370 e. The lowest BCUT2D eigenvalue weighted by molar-refractivity contribution is -0.138. The molecule has 0 bridgehead atoms. The Morgan fingerprint density at radius 1 is 1.31 bits per heavy atom. The molecule has 0 heterocycles. The van der Waals surface area contributed by atoms with Crippen LogP contribution in [0.5, 0.6) is 0 Å². The summed E-state index contributed by atoms with van der Waals surface area (Å²) in [7, 11) is 0. The van der Waals surface area contributed by atoms with Gasteiger partial charge in [0, 0.05) is 25.4 Å². The van der Waals surface area contributed by atoms with Crippen molar-refractivity contribution < 1.29 is 9.59 Å². The second kappa shape index (κ2) is 6.51. The second-order valence-electron chi connectivity index (χ2n) is 4.52. The number of hydrogen-bond acceptors (Lipinski definition) is 2. The molecule has 1 aliphatic rings. The molecule has 0 aromatic rings. The van der Waals surface area contributed by atoms with Crippen LogP contribution in [-0.2, 0) is 9.59 Å². The van der Waals surface area contributed by atoms with Gasteiger partial charge in [-0.25, -0.2) is 0 Å². The predicted molar refractivity (Wildman–Crippen MR) is 62.6 cm³/mol. The molecule has 0 atom stereocenters. The summed E-state index contributed by atoms with van der Waals surface area (Å²) in [6, 6.07) is 0. The van der Waals surface area contributed by atoms with Crippen molar-refractivity contribution in [1.29, 1.82) is 0 Å². The predicted octanol–water partition coefficient (Wildman–Crippen LogP) is 1.29. The first-order valence-corrected chi connectivity index (χ1v) is 6.22. The maximum absolute atomic E-state index is 12.0. The van der Waals surface area contributed by atoms with Crippen molar-refractivity contribution in [2.75, 3.05) is 13.1 Å². The molecule has 92 valence electrons. The van der Waals surface area contributed by atoms with E-state index in [9.17, 15) is 9.59 Å². The first-order valence-electron chi connectivity index (χ1n) is 6.22. The van der Waals surface area contributed by atoms with Gasteiger partial charge in [-0.2, -0.15) is 0 Å². The summed E-state index contributed by atoms with van der Waals surface area (Å²) in [6.07, 6.45) is 5.52. The van der Waals surface area contributed by atoms with Crippen molar-refractivity contribution in [3.63, 3.8) is 0 Å². The van der Waals surface area contributed by atoms with Crippen molar-refractivity contribution in [2.45, 2.75) is 45.4 Å². The fourth-order valence-corrected chi connectivity index (χ4v) is 1.84. The van der Waals surface area contributed by atoms with E-state index in [0.717, 1.165) is 38.6 Å². The minimum Gasteiger partial charge on any atom is -0.370 e. The zero-order valence-corrected chi connectivity index (χ0v) is 10.1. The van der Waals surface area contributed by atoms with E-state index in [1.54, 1.807) is 0 Å². The van der Waals surface area contributed by atoms with Crippen LogP contribution < -0.4 is 5.73 Å². The second-order valence-corrected chi connectivity index (χ2v) is 4.52. The Morgan fingerprint density at radius 2 is 2.00 bits per heavy atom. The van der Waals surface area contributed by atoms with Gasteiger partial charge in [-0.1, -0.05) is 19.8 Å². The highest BCUT2D eigenvalue weighted by atomic mass is 16.2. The molecule has 0 aromatic heterocycles. The molecule has 0 unspecified atom stereocenters. The summed E-state index contributed by atoms with van der Waals surface area (Å²) in [4.78, 5) is 24.6. The molecule has 0 aliphatic heterocycles. The average molecular weight is 226 g/mol. The molecule has 0 radical (unpaired) electrons. The number of carbonyl (C=O) groups excluding carboxylic acids is 2. The van der Waals surface area contributed by atoms with Gasteiger partial charge >= 0.3 is 0 Å². The minimum atomic E-state index is -0.331. The Hall–Kier alpha value is -1.06. The summed E-state index contributed by atoms with van der Waals surface area (Å²) in [5.41, 5.74) is 5.12. The van der Waals surface area contributed by atoms with E-state index >= 15 is 0 Å². The summed E-state index contributed by atoms with van der Waals surface area (Å²) in [5.74, 6) is 0.105. The Labute approximate surface area is 97.2 Å². The topological polar surface area (TPSA) is 63.4 Å². The van der Waals surface area contributed by atoms with Crippen molar-refractivity contribution in [1.82, 2.24) is 4.90 Å². The molecule has 1 rings (SSSR count). The smallest absolute Gasteiger partial charge is 0.225 e. The lowest BCUT2D eigenvalue weighted by Crippen LogP contribution is -2.41. The van der Waals surface area contributed by atoms with E-state index in [1.807, 2.05) is 4.90 Å². The van der Waals surface area contributed by atoms with E-state index in [4.69, 9.17) is 5.73 Å². The molecule has 0 spiro atoms.